The van der Waals surface area contributed by atoms with Gasteiger partial charge in [-0.05, 0) is 18.5 Å². The van der Waals surface area contributed by atoms with E-state index in [0.717, 1.165) is 0 Å². The molecular weight excluding hydrogens is 196 g/mol. The molecule has 0 radical (unpaired) electrons. The van der Waals surface area contributed by atoms with Crippen molar-refractivity contribution in [1.82, 2.24) is 4.57 Å². The molecule has 0 bridgehead atoms. The number of aromatic nitrogens is 1. The van der Waals surface area contributed by atoms with E-state index in [0.29, 0.717) is 5.69 Å². The van der Waals surface area contributed by atoms with Crippen LogP contribution in [0, 0.1) is 17.0 Å². The van der Waals surface area contributed by atoms with Gasteiger partial charge in [-0.1, -0.05) is 0 Å². The summed E-state index contributed by atoms with van der Waals surface area (Å²) in [7, 11) is 1.55. The highest BCUT2D eigenvalue weighted by Gasteiger charge is 2.20. The first kappa shape index (κ1) is 9.73. The summed E-state index contributed by atoms with van der Waals surface area (Å²) in [6.07, 6.45) is 0. The number of rotatable bonds is 2. The maximum Gasteiger partial charge on any atom is 0.290 e. The number of halogens is 1. The Hall–Kier alpha value is -1.36. The van der Waals surface area contributed by atoms with E-state index < -0.39 is 10.2 Å². The van der Waals surface area contributed by atoms with Gasteiger partial charge in [0.25, 0.3) is 10.9 Å². The highest BCUT2D eigenvalue weighted by atomic mass is 35.5. The van der Waals surface area contributed by atoms with Crippen molar-refractivity contribution in [2.24, 2.45) is 7.05 Å². The zero-order valence-electron chi connectivity index (χ0n) is 7.07. The molecule has 1 aromatic rings. The fraction of sp³-hybridized carbons (Fsp3) is 0.286. The molecule has 70 valence electrons. The van der Waals surface area contributed by atoms with E-state index in [1.807, 2.05) is 0 Å². The topological polar surface area (TPSA) is 65.1 Å². The predicted molar refractivity (Wildman–Crippen MR) is 47.0 cm³/mol. The average molecular weight is 203 g/mol. The number of hydrogen-bond acceptors (Lipinski definition) is 3. The summed E-state index contributed by atoms with van der Waals surface area (Å²) in [5.74, 6) is 0. The van der Waals surface area contributed by atoms with Gasteiger partial charge in [0.1, 0.15) is 5.69 Å². The van der Waals surface area contributed by atoms with Crippen molar-refractivity contribution in [2.75, 3.05) is 0 Å². The summed E-state index contributed by atoms with van der Waals surface area (Å²) >= 11 is 5.22. The lowest BCUT2D eigenvalue weighted by atomic mass is 10.4. The highest BCUT2D eigenvalue weighted by Crippen LogP contribution is 2.22. The molecule has 0 aliphatic heterocycles. The van der Waals surface area contributed by atoms with Gasteiger partial charge in [0, 0.05) is 13.1 Å². The molecule has 0 aromatic carbocycles. The Morgan fingerprint density at radius 2 is 2.23 bits per heavy atom. The largest absolute Gasteiger partial charge is 0.338 e. The Labute approximate surface area is 79.1 Å². The number of hydrogen-bond donors (Lipinski definition) is 0. The summed E-state index contributed by atoms with van der Waals surface area (Å²) in [6, 6.07) is 1.17. The fourth-order valence-electron chi connectivity index (χ4n) is 1.06. The van der Waals surface area contributed by atoms with Crippen molar-refractivity contribution in [2.45, 2.75) is 6.92 Å². The third-order valence-corrected chi connectivity index (χ3v) is 2.10. The van der Waals surface area contributed by atoms with Crippen LogP contribution in [0.4, 0.5) is 5.69 Å². The minimum atomic E-state index is -0.696. The van der Waals surface area contributed by atoms with Crippen LogP contribution in [-0.4, -0.2) is 14.7 Å². The molecule has 0 aliphatic carbocycles. The zero-order valence-corrected chi connectivity index (χ0v) is 7.83. The van der Waals surface area contributed by atoms with Gasteiger partial charge < -0.3 is 4.57 Å². The van der Waals surface area contributed by atoms with Crippen molar-refractivity contribution in [3.05, 3.63) is 27.6 Å². The van der Waals surface area contributed by atoms with Crippen molar-refractivity contribution in [1.29, 1.82) is 0 Å². The molecule has 0 saturated heterocycles. The molecule has 1 heterocycles. The molecule has 0 N–H and O–H groups in total. The Kier molecular flexibility index (Phi) is 2.38. The van der Waals surface area contributed by atoms with E-state index in [2.05, 4.69) is 0 Å². The van der Waals surface area contributed by atoms with Crippen LogP contribution in [0.25, 0.3) is 0 Å². The van der Waals surface area contributed by atoms with E-state index in [1.165, 1.54) is 10.6 Å². The highest BCUT2D eigenvalue weighted by molar-refractivity contribution is 6.67. The van der Waals surface area contributed by atoms with E-state index in [1.54, 1.807) is 14.0 Å². The zero-order chi connectivity index (χ0) is 10.2. The van der Waals surface area contributed by atoms with Crippen LogP contribution in [0.15, 0.2) is 6.07 Å². The molecule has 5 nitrogen and oxygen atoms in total. The van der Waals surface area contributed by atoms with Gasteiger partial charge in [-0.2, -0.15) is 0 Å². The standard InChI is InChI=1S/C7H7ClN2O3/c1-4-5(10(12)13)3-6(7(8)11)9(4)2/h3H,1-2H3. The molecule has 0 spiro atoms. The van der Waals surface area contributed by atoms with Crippen LogP contribution in [-0.2, 0) is 7.05 Å². The van der Waals surface area contributed by atoms with E-state index in [-0.39, 0.29) is 11.4 Å². The Balaban J connectivity index is 3.36. The lowest BCUT2D eigenvalue weighted by molar-refractivity contribution is -0.385. The number of nitrogens with zero attached hydrogens (tertiary/aromatic N) is 2. The number of carbonyl (C=O) groups is 1. The first-order valence-corrected chi connectivity index (χ1v) is 3.83. The molecule has 0 aliphatic rings. The van der Waals surface area contributed by atoms with E-state index in [9.17, 15) is 14.9 Å². The van der Waals surface area contributed by atoms with Crippen LogP contribution >= 0.6 is 11.6 Å². The maximum atomic E-state index is 10.8. The fourth-order valence-corrected chi connectivity index (χ4v) is 1.24. The van der Waals surface area contributed by atoms with Gasteiger partial charge in [-0.25, -0.2) is 0 Å². The van der Waals surface area contributed by atoms with Crippen molar-refractivity contribution in [3.8, 4) is 0 Å². The second kappa shape index (κ2) is 3.18. The Bertz CT molecular complexity index is 349. The van der Waals surface area contributed by atoms with Crippen LogP contribution in [0.2, 0.25) is 0 Å². The first-order chi connectivity index (χ1) is 5.95. The van der Waals surface area contributed by atoms with E-state index in [4.69, 9.17) is 11.6 Å². The third kappa shape index (κ3) is 1.55. The summed E-state index contributed by atoms with van der Waals surface area (Å²) in [6.45, 7) is 1.56. The van der Waals surface area contributed by atoms with Crippen molar-refractivity contribution < 1.29 is 9.72 Å². The summed E-state index contributed by atoms with van der Waals surface area (Å²) in [5, 5.41) is 9.75. The number of nitro groups is 1. The van der Waals surface area contributed by atoms with Crippen LogP contribution in [0.1, 0.15) is 16.2 Å². The quantitative estimate of drug-likeness (QED) is 0.416. The molecule has 0 atom stereocenters. The molecular formula is C7H7ClN2O3. The summed E-state index contributed by atoms with van der Waals surface area (Å²) in [4.78, 5) is 20.7. The predicted octanol–water partition coefficient (Wildman–Crippen LogP) is 1.62. The van der Waals surface area contributed by atoms with Gasteiger partial charge >= 0.3 is 0 Å². The first-order valence-electron chi connectivity index (χ1n) is 3.45. The third-order valence-electron chi connectivity index (χ3n) is 1.91. The monoisotopic (exact) mass is 202 g/mol. The normalized spacial score (nSPS) is 10.1. The van der Waals surface area contributed by atoms with Gasteiger partial charge in [0.05, 0.1) is 10.6 Å². The Morgan fingerprint density at radius 3 is 2.46 bits per heavy atom. The molecule has 6 heteroatoms. The van der Waals surface area contributed by atoms with Crippen molar-refractivity contribution in [3.63, 3.8) is 0 Å². The van der Waals surface area contributed by atoms with E-state index >= 15 is 0 Å². The molecule has 0 unspecified atom stereocenters. The molecule has 1 aromatic heterocycles. The lowest BCUT2D eigenvalue weighted by Crippen LogP contribution is -2.00. The van der Waals surface area contributed by atoms with Gasteiger partial charge in [0.15, 0.2) is 0 Å². The van der Waals surface area contributed by atoms with Gasteiger partial charge in [0.2, 0.25) is 0 Å². The molecule has 0 fully saturated rings. The van der Waals surface area contributed by atoms with Gasteiger partial charge in [-0.15, -0.1) is 0 Å². The van der Waals surface area contributed by atoms with Crippen molar-refractivity contribution >= 4 is 22.5 Å². The molecule has 13 heavy (non-hydrogen) atoms. The molecule has 0 amide bonds. The molecule has 1 rings (SSSR count). The summed E-state index contributed by atoms with van der Waals surface area (Å²) < 4.78 is 1.40. The second-order valence-corrected chi connectivity index (χ2v) is 2.93. The van der Waals surface area contributed by atoms with Crippen LogP contribution in [0.3, 0.4) is 0 Å². The second-order valence-electron chi connectivity index (χ2n) is 2.59. The van der Waals surface area contributed by atoms with Crippen LogP contribution < -0.4 is 0 Å². The van der Waals surface area contributed by atoms with Crippen LogP contribution in [0.5, 0.6) is 0 Å². The average Bonchev–Trinajstić information content (AvgIpc) is 2.29. The van der Waals surface area contributed by atoms with Gasteiger partial charge in [-0.3, -0.25) is 14.9 Å². The Morgan fingerprint density at radius 1 is 1.69 bits per heavy atom. The molecule has 0 saturated carbocycles. The number of carbonyl (C=O) groups excluding carboxylic acids is 1. The lowest BCUT2D eigenvalue weighted by Gasteiger charge is -1.97. The minimum Gasteiger partial charge on any atom is -0.338 e. The SMILES string of the molecule is Cc1c([N+](=O)[O-])cc(C(=O)Cl)n1C. The smallest absolute Gasteiger partial charge is 0.290 e. The summed E-state index contributed by atoms with van der Waals surface area (Å²) in [5.41, 5.74) is 0.450. The maximum absolute atomic E-state index is 10.8. The minimum absolute atomic E-state index is 0.0912.